The van der Waals surface area contributed by atoms with Crippen molar-refractivity contribution >= 4 is 27.9 Å². The number of nitrogen functional groups attached to an aromatic ring is 1. The summed E-state index contributed by atoms with van der Waals surface area (Å²) in [7, 11) is 2.09. The second kappa shape index (κ2) is 3.64. The Morgan fingerprint density at radius 3 is 2.71 bits per heavy atom. The molecule has 1 aromatic carbocycles. The van der Waals surface area contributed by atoms with Gasteiger partial charge in [-0.3, -0.25) is 0 Å². The van der Waals surface area contributed by atoms with Gasteiger partial charge in [0.1, 0.15) is 0 Å². The summed E-state index contributed by atoms with van der Waals surface area (Å²) in [6.45, 7) is 2.14. The molecule has 3 heteroatoms. The molecule has 86 valence electrons. The zero-order valence-corrected chi connectivity index (χ0v) is 10.7. The molecule has 3 rings (SSSR count). The van der Waals surface area contributed by atoms with Gasteiger partial charge in [0.25, 0.3) is 0 Å². The number of aryl methyl sites for hydroxylation is 2. The molecule has 0 saturated heterocycles. The summed E-state index contributed by atoms with van der Waals surface area (Å²) in [6, 6.07) is 10.6. The first-order valence-electron chi connectivity index (χ1n) is 5.57. The molecule has 0 saturated carbocycles. The second-order valence-corrected chi connectivity index (χ2v) is 5.22. The molecule has 0 fully saturated rings. The Balaban J connectivity index is 2.36. The molecule has 0 spiro atoms. The maximum absolute atomic E-state index is 6.00. The van der Waals surface area contributed by atoms with Crippen molar-refractivity contribution in [3.8, 4) is 10.6 Å². The lowest BCUT2D eigenvalue weighted by molar-refractivity contribution is 0.981. The van der Waals surface area contributed by atoms with Crippen LogP contribution in [0.3, 0.4) is 0 Å². The fourth-order valence-electron chi connectivity index (χ4n) is 2.25. The molecule has 0 atom stereocenters. The topological polar surface area (TPSA) is 30.9 Å². The third kappa shape index (κ3) is 1.46. The van der Waals surface area contributed by atoms with Crippen LogP contribution in [0.25, 0.3) is 21.5 Å². The predicted molar refractivity (Wildman–Crippen MR) is 75.4 cm³/mol. The van der Waals surface area contributed by atoms with E-state index >= 15 is 0 Å². The highest BCUT2D eigenvalue weighted by molar-refractivity contribution is 7.14. The molecule has 2 heterocycles. The van der Waals surface area contributed by atoms with E-state index < -0.39 is 0 Å². The number of nitrogens with zero attached hydrogens (tertiary/aromatic N) is 1. The van der Waals surface area contributed by atoms with Gasteiger partial charge < -0.3 is 10.3 Å². The number of benzene rings is 1. The van der Waals surface area contributed by atoms with Crippen LogP contribution in [0.1, 0.15) is 5.56 Å². The molecule has 2 nitrogen and oxygen atoms in total. The number of aromatic nitrogens is 1. The predicted octanol–water partition coefficient (Wildman–Crippen LogP) is 3.80. The average molecular weight is 242 g/mol. The normalized spacial score (nSPS) is 11.2. The highest BCUT2D eigenvalue weighted by atomic mass is 32.1. The van der Waals surface area contributed by atoms with Gasteiger partial charge in [-0.25, -0.2) is 0 Å². The van der Waals surface area contributed by atoms with Gasteiger partial charge in [0.2, 0.25) is 0 Å². The van der Waals surface area contributed by atoms with E-state index in [1.165, 1.54) is 22.2 Å². The monoisotopic (exact) mass is 242 g/mol. The van der Waals surface area contributed by atoms with E-state index in [2.05, 4.69) is 42.8 Å². The molecule has 17 heavy (non-hydrogen) atoms. The third-order valence-electron chi connectivity index (χ3n) is 3.23. The van der Waals surface area contributed by atoms with Crippen LogP contribution in [0.2, 0.25) is 0 Å². The summed E-state index contributed by atoms with van der Waals surface area (Å²) >= 11 is 1.69. The smallest absolute Gasteiger partial charge is 0.0736 e. The van der Waals surface area contributed by atoms with Gasteiger partial charge >= 0.3 is 0 Å². The molecule has 0 bridgehead atoms. The summed E-state index contributed by atoms with van der Waals surface area (Å²) in [4.78, 5) is 1.16. The Hall–Kier alpha value is -1.74. The zero-order chi connectivity index (χ0) is 12.0. The largest absolute Gasteiger partial charge is 0.397 e. The standard InChI is InChI=1S/C14H14N2S/c1-9-4-3-5-12-10(9)8-13(16(12)2)14-11(15)6-7-17-14/h3-8H,15H2,1-2H3. The van der Waals surface area contributed by atoms with Gasteiger partial charge in [0.15, 0.2) is 0 Å². The van der Waals surface area contributed by atoms with E-state index in [1.54, 1.807) is 11.3 Å². The van der Waals surface area contributed by atoms with E-state index in [9.17, 15) is 0 Å². The third-order valence-corrected chi connectivity index (χ3v) is 4.19. The molecule has 0 unspecified atom stereocenters. The van der Waals surface area contributed by atoms with Crippen molar-refractivity contribution in [3.05, 3.63) is 41.3 Å². The number of fused-ring (bicyclic) bond motifs is 1. The van der Waals surface area contributed by atoms with Crippen LogP contribution in [-0.4, -0.2) is 4.57 Å². The van der Waals surface area contributed by atoms with Crippen molar-refractivity contribution in [2.45, 2.75) is 6.92 Å². The number of anilines is 1. The van der Waals surface area contributed by atoms with Crippen molar-refractivity contribution in [1.82, 2.24) is 4.57 Å². The maximum Gasteiger partial charge on any atom is 0.0736 e. The van der Waals surface area contributed by atoms with Crippen molar-refractivity contribution in [2.24, 2.45) is 7.05 Å². The first kappa shape index (κ1) is 10.4. The van der Waals surface area contributed by atoms with Crippen LogP contribution in [0, 0.1) is 6.92 Å². The molecule has 2 N–H and O–H groups in total. The number of thiophene rings is 1. The number of nitrogens with two attached hydrogens (primary N) is 1. The number of hydrogen-bond donors (Lipinski definition) is 1. The van der Waals surface area contributed by atoms with Gasteiger partial charge in [0.05, 0.1) is 16.3 Å². The van der Waals surface area contributed by atoms with Crippen LogP contribution in [-0.2, 0) is 7.05 Å². The molecule has 0 aliphatic heterocycles. The fraction of sp³-hybridized carbons (Fsp3) is 0.143. The second-order valence-electron chi connectivity index (χ2n) is 4.30. The van der Waals surface area contributed by atoms with E-state index in [-0.39, 0.29) is 0 Å². The molecule has 2 aromatic heterocycles. The van der Waals surface area contributed by atoms with E-state index in [0.29, 0.717) is 0 Å². The Morgan fingerprint density at radius 2 is 2.06 bits per heavy atom. The van der Waals surface area contributed by atoms with Gasteiger partial charge in [0, 0.05) is 18.0 Å². The van der Waals surface area contributed by atoms with Crippen LogP contribution in [0.15, 0.2) is 35.7 Å². The Bertz CT molecular complexity index is 691. The number of hydrogen-bond acceptors (Lipinski definition) is 2. The quantitative estimate of drug-likeness (QED) is 0.691. The van der Waals surface area contributed by atoms with Crippen LogP contribution in [0.4, 0.5) is 5.69 Å². The summed E-state index contributed by atoms with van der Waals surface area (Å²) in [6.07, 6.45) is 0. The molecule has 0 amide bonds. The lowest BCUT2D eigenvalue weighted by Crippen LogP contribution is -1.92. The van der Waals surface area contributed by atoms with Gasteiger partial charge in [-0.15, -0.1) is 11.3 Å². The van der Waals surface area contributed by atoms with Crippen molar-refractivity contribution in [1.29, 1.82) is 0 Å². The summed E-state index contributed by atoms with van der Waals surface area (Å²) in [5.41, 5.74) is 10.6. The summed E-state index contributed by atoms with van der Waals surface area (Å²) in [5.74, 6) is 0. The Morgan fingerprint density at radius 1 is 1.24 bits per heavy atom. The lowest BCUT2D eigenvalue weighted by Gasteiger charge is -2.03. The van der Waals surface area contributed by atoms with Crippen molar-refractivity contribution in [3.63, 3.8) is 0 Å². The molecule has 3 aromatic rings. The van der Waals surface area contributed by atoms with E-state index in [4.69, 9.17) is 5.73 Å². The minimum atomic E-state index is 0.860. The minimum absolute atomic E-state index is 0.860. The van der Waals surface area contributed by atoms with Crippen molar-refractivity contribution in [2.75, 3.05) is 5.73 Å². The number of rotatable bonds is 1. The van der Waals surface area contributed by atoms with Gasteiger partial charge in [-0.1, -0.05) is 12.1 Å². The van der Waals surface area contributed by atoms with Gasteiger partial charge in [-0.2, -0.15) is 0 Å². The Labute approximate surface area is 104 Å². The SMILES string of the molecule is Cc1cccc2c1cc(-c1sccc1N)n2C. The molecular formula is C14H14N2S. The van der Waals surface area contributed by atoms with Crippen molar-refractivity contribution < 1.29 is 0 Å². The minimum Gasteiger partial charge on any atom is -0.397 e. The first-order valence-corrected chi connectivity index (χ1v) is 6.45. The van der Waals surface area contributed by atoms with Crippen LogP contribution >= 0.6 is 11.3 Å². The highest BCUT2D eigenvalue weighted by Gasteiger charge is 2.12. The maximum atomic E-state index is 6.00. The molecule has 0 aliphatic carbocycles. The zero-order valence-electron chi connectivity index (χ0n) is 9.90. The van der Waals surface area contributed by atoms with Crippen LogP contribution in [0.5, 0.6) is 0 Å². The first-order chi connectivity index (χ1) is 8.18. The Kier molecular flexibility index (Phi) is 2.23. The van der Waals surface area contributed by atoms with E-state index in [1.807, 2.05) is 11.4 Å². The van der Waals surface area contributed by atoms with Crippen LogP contribution < -0.4 is 5.73 Å². The van der Waals surface area contributed by atoms with E-state index in [0.717, 1.165) is 10.6 Å². The molecule has 0 radical (unpaired) electrons. The summed E-state index contributed by atoms with van der Waals surface area (Å²) < 4.78 is 2.21. The lowest BCUT2D eigenvalue weighted by atomic mass is 10.1. The molecule has 0 aliphatic rings. The fourth-order valence-corrected chi connectivity index (χ4v) is 3.13. The summed E-state index contributed by atoms with van der Waals surface area (Å²) in [5, 5.41) is 3.34. The van der Waals surface area contributed by atoms with Gasteiger partial charge in [-0.05, 0) is 36.1 Å². The average Bonchev–Trinajstić information content (AvgIpc) is 2.85. The highest BCUT2D eigenvalue weighted by Crippen LogP contribution is 2.35. The molecular weight excluding hydrogens is 228 g/mol.